The minimum absolute atomic E-state index is 0.0372. The van der Waals surface area contributed by atoms with E-state index in [2.05, 4.69) is 5.32 Å². The Morgan fingerprint density at radius 1 is 1.21 bits per heavy atom. The number of benzene rings is 2. The second-order valence-electron chi connectivity index (χ2n) is 5.24. The molecule has 0 fully saturated rings. The van der Waals surface area contributed by atoms with Crippen LogP contribution in [0.3, 0.4) is 0 Å². The number of amides is 2. The molecule has 3 N–H and O–H groups in total. The van der Waals surface area contributed by atoms with Crippen molar-refractivity contribution in [2.24, 2.45) is 5.73 Å². The number of carbonyl (C=O) groups is 2. The topological polar surface area (TPSA) is 85.3 Å². The Hall–Kier alpha value is -2.86. The Kier molecular flexibility index (Phi) is 3.99. The van der Waals surface area contributed by atoms with Gasteiger partial charge >= 0.3 is 0 Å². The standard InChI is InChI=1S/C17H12ClFN2O3/c1-8-12(19)5-10(16(20)22)6-13(8)21-17(23)15-7-9-4-11(18)2-3-14(9)24-15/h2-7H,1H3,(H2,20,22)(H,21,23). The molecule has 0 saturated heterocycles. The fourth-order valence-electron chi connectivity index (χ4n) is 2.26. The molecule has 7 heteroatoms. The molecular formula is C17H12ClFN2O3. The summed E-state index contributed by atoms with van der Waals surface area (Å²) in [6.07, 6.45) is 0. The monoisotopic (exact) mass is 346 g/mol. The van der Waals surface area contributed by atoms with Crippen molar-refractivity contribution in [3.63, 3.8) is 0 Å². The zero-order valence-electron chi connectivity index (χ0n) is 12.5. The lowest BCUT2D eigenvalue weighted by Gasteiger charge is -2.09. The van der Waals surface area contributed by atoms with Gasteiger partial charge in [0, 0.05) is 27.2 Å². The van der Waals surface area contributed by atoms with Crippen LogP contribution in [-0.2, 0) is 0 Å². The molecular weight excluding hydrogens is 335 g/mol. The van der Waals surface area contributed by atoms with Gasteiger partial charge in [-0.2, -0.15) is 0 Å². The number of halogens is 2. The van der Waals surface area contributed by atoms with E-state index in [1.165, 1.54) is 19.1 Å². The molecule has 2 aromatic carbocycles. The van der Waals surface area contributed by atoms with Gasteiger partial charge in [0.05, 0.1) is 0 Å². The van der Waals surface area contributed by atoms with Gasteiger partial charge in [0.15, 0.2) is 5.76 Å². The zero-order chi connectivity index (χ0) is 17.4. The molecule has 3 rings (SSSR count). The van der Waals surface area contributed by atoms with E-state index in [9.17, 15) is 14.0 Å². The number of fused-ring (bicyclic) bond motifs is 1. The van der Waals surface area contributed by atoms with E-state index >= 15 is 0 Å². The lowest BCUT2D eigenvalue weighted by atomic mass is 10.1. The summed E-state index contributed by atoms with van der Waals surface area (Å²) in [5, 5.41) is 3.71. The smallest absolute Gasteiger partial charge is 0.291 e. The number of nitrogens with two attached hydrogens (primary N) is 1. The molecule has 0 saturated carbocycles. The van der Waals surface area contributed by atoms with Gasteiger partial charge in [-0.25, -0.2) is 4.39 Å². The number of hydrogen-bond donors (Lipinski definition) is 2. The second-order valence-corrected chi connectivity index (χ2v) is 5.68. The van der Waals surface area contributed by atoms with Gasteiger partial charge in [-0.3, -0.25) is 9.59 Å². The van der Waals surface area contributed by atoms with Crippen LogP contribution in [0.5, 0.6) is 0 Å². The highest BCUT2D eigenvalue weighted by molar-refractivity contribution is 6.31. The molecule has 122 valence electrons. The molecule has 3 aromatic rings. The van der Waals surface area contributed by atoms with E-state index in [1.807, 2.05) is 0 Å². The predicted octanol–water partition coefficient (Wildman–Crippen LogP) is 3.88. The summed E-state index contributed by atoms with van der Waals surface area (Å²) in [5.74, 6) is -1.97. The third-order valence-corrected chi connectivity index (χ3v) is 3.81. The van der Waals surface area contributed by atoms with Crippen LogP contribution in [0.1, 0.15) is 26.5 Å². The molecule has 1 aromatic heterocycles. The van der Waals surface area contributed by atoms with Crippen LogP contribution in [0.15, 0.2) is 40.8 Å². The number of hydrogen-bond acceptors (Lipinski definition) is 3. The Morgan fingerprint density at radius 2 is 1.96 bits per heavy atom. The molecule has 0 atom stereocenters. The normalized spacial score (nSPS) is 10.8. The van der Waals surface area contributed by atoms with Crippen molar-refractivity contribution in [3.8, 4) is 0 Å². The van der Waals surface area contributed by atoms with Crippen molar-refractivity contribution in [2.75, 3.05) is 5.32 Å². The average Bonchev–Trinajstić information content (AvgIpc) is 2.94. The third kappa shape index (κ3) is 2.96. The van der Waals surface area contributed by atoms with E-state index in [0.717, 1.165) is 6.07 Å². The van der Waals surface area contributed by atoms with E-state index < -0.39 is 17.6 Å². The van der Waals surface area contributed by atoms with Crippen LogP contribution in [0.25, 0.3) is 11.0 Å². The predicted molar refractivity (Wildman–Crippen MR) is 88.8 cm³/mol. The number of primary amides is 1. The molecule has 0 bridgehead atoms. The fourth-order valence-corrected chi connectivity index (χ4v) is 2.44. The van der Waals surface area contributed by atoms with Crippen LogP contribution in [0.4, 0.5) is 10.1 Å². The largest absolute Gasteiger partial charge is 0.451 e. The van der Waals surface area contributed by atoms with Crippen LogP contribution in [0.2, 0.25) is 5.02 Å². The maximum atomic E-state index is 13.9. The molecule has 1 heterocycles. The van der Waals surface area contributed by atoms with Gasteiger partial charge < -0.3 is 15.5 Å². The summed E-state index contributed by atoms with van der Waals surface area (Å²) >= 11 is 5.89. The second kappa shape index (κ2) is 5.98. The maximum Gasteiger partial charge on any atom is 0.291 e. The molecule has 24 heavy (non-hydrogen) atoms. The van der Waals surface area contributed by atoms with E-state index in [1.54, 1.807) is 18.2 Å². The highest BCUT2D eigenvalue weighted by Gasteiger charge is 2.16. The van der Waals surface area contributed by atoms with Crippen LogP contribution in [-0.4, -0.2) is 11.8 Å². The molecule has 0 radical (unpaired) electrons. The lowest BCUT2D eigenvalue weighted by Crippen LogP contribution is -2.16. The Balaban J connectivity index is 1.95. The van der Waals surface area contributed by atoms with Crippen LogP contribution < -0.4 is 11.1 Å². The van der Waals surface area contributed by atoms with Crippen LogP contribution >= 0.6 is 11.6 Å². The molecule has 0 aliphatic heterocycles. The molecule has 0 spiro atoms. The number of anilines is 1. The van der Waals surface area contributed by atoms with Crippen molar-refractivity contribution in [3.05, 3.63) is 64.1 Å². The number of rotatable bonds is 3. The van der Waals surface area contributed by atoms with Gasteiger partial charge in [-0.05, 0) is 43.3 Å². The lowest BCUT2D eigenvalue weighted by molar-refractivity contribution is 0.0989. The van der Waals surface area contributed by atoms with Crippen molar-refractivity contribution in [2.45, 2.75) is 6.92 Å². The summed E-state index contributed by atoms with van der Waals surface area (Å²) in [4.78, 5) is 23.6. The van der Waals surface area contributed by atoms with Gasteiger partial charge in [0.25, 0.3) is 5.91 Å². The molecule has 0 aliphatic rings. The minimum atomic E-state index is -0.789. The molecule has 2 amide bonds. The highest BCUT2D eigenvalue weighted by Crippen LogP contribution is 2.25. The quantitative estimate of drug-likeness (QED) is 0.754. The Bertz CT molecular complexity index is 981. The fraction of sp³-hybridized carbons (Fsp3) is 0.0588. The number of furan rings is 1. The first-order chi connectivity index (χ1) is 11.3. The molecule has 0 unspecified atom stereocenters. The first-order valence-electron chi connectivity index (χ1n) is 6.95. The summed E-state index contributed by atoms with van der Waals surface area (Å²) < 4.78 is 19.3. The summed E-state index contributed by atoms with van der Waals surface area (Å²) in [6, 6.07) is 8.82. The molecule has 0 aliphatic carbocycles. The first kappa shape index (κ1) is 16.0. The SMILES string of the molecule is Cc1c(F)cc(C(N)=O)cc1NC(=O)c1cc2cc(Cl)ccc2o1. The van der Waals surface area contributed by atoms with Crippen molar-refractivity contribution >= 4 is 40.1 Å². The van der Waals surface area contributed by atoms with E-state index in [0.29, 0.717) is 16.0 Å². The van der Waals surface area contributed by atoms with Crippen molar-refractivity contribution < 1.29 is 18.4 Å². The number of carbonyl (C=O) groups excluding carboxylic acids is 2. The summed E-state index contributed by atoms with van der Waals surface area (Å²) in [7, 11) is 0. The van der Waals surface area contributed by atoms with E-state index in [4.69, 9.17) is 21.8 Å². The summed E-state index contributed by atoms with van der Waals surface area (Å²) in [6.45, 7) is 1.48. The Labute approximate surface area is 141 Å². The first-order valence-corrected chi connectivity index (χ1v) is 7.33. The third-order valence-electron chi connectivity index (χ3n) is 3.58. The van der Waals surface area contributed by atoms with Crippen LogP contribution in [0, 0.1) is 12.7 Å². The Morgan fingerprint density at radius 3 is 2.67 bits per heavy atom. The van der Waals surface area contributed by atoms with Gasteiger partial charge in [-0.1, -0.05) is 11.6 Å². The zero-order valence-corrected chi connectivity index (χ0v) is 13.3. The van der Waals surface area contributed by atoms with Gasteiger partial charge in [0.1, 0.15) is 11.4 Å². The minimum Gasteiger partial charge on any atom is -0.451 e. The van der Waals surface area contributed by atoms with Crippen molar-refractivity contribution in [1.29, 1.82) is 0 Å². The van der Waals surface area contributed by atoms with Gasteiger partial charge in [0.2, 0.25) is 5.91 Å². The summed E-state index contributed by atoms with van der Waals surface area (Å²) in [5.41, 5.74) is 5.95. The maximum absolute atomic E-state index is 13.9. The molecule has 5 nitrogen and oxygen atoms in total. The average molecular weight is 347 g/mol. The number of nitrogens with one attached hydrogen (secondary N) is 1. The van der Waals surface area contributed by atoms with E-state index in [-0.39, 0.29) is 22.6 Å². The highest BCUT2D eigenvalue weighted by atomic mass is 35.5. The van der Waals surface area contributed by atoms with Crippen molar-refractivity contribution in [1.82, 2.24) is 0 Å². The van der Waals surface area contributed by atoms with Gasteiger partial charge in [-0.15, -0.1) is 0 Å².